The molecule has 2 aliphatic heterocycles. The number of hydrogen-bond donors (Lipinski definition) is 2. The minimum atomic E-state index is -0.377. The van der Waals surface area contributed by atoms with E-state index in [0.29, 0.717) is 23.9 Å². The van der Waals surface area contributed by atoms with Gasteiger partial charge in [0, 0.05) is 47.0 Å². The number of carbonyl (C=O) groups is 2. The number of fused-ring (bicyclic) bond motifs is 3. The predicted molar refractivity (Wildman–Crippen MR) is 171 cm³/mol. The second-order valence-electron chi connectivity index (χ2n) is 11.3. The van der Waals surface area contributed by atoms with E-state index in [1.165, 1.54) is 0 Å². The molecule has 4 aromatic rings. The van der Waals surface area contributed by atoms with E-state index in [9.17, 15) is 9.59 Å². The van der Waals surface area contributed by atoms with Crippen molar-refractivity contribution in [2.45, 2.75) is 50.0 Å². The quantitative estimate of drug-likeness (QED) is 0.225. The Labute approximate surface area is 260 Å². The van der Waals surface area contributed by atoms with Gasteiger partial charge in [0.05, 0.1) is 23.7 Å². The van der Waals surface area contributed by atoms with Gasteiger partial charge in [0.1, 0.15) is 17.3 Å². The molecule has 0 radical (unpaired) electrons. The average Bonchev–Trinajstić information content (AvgIpc) is 3.71. The Kier molecular flexibility index (Phi) is 7.96. The largest absolute Gasteiger partial charge is 0.457 e. The van der Waals surface area contributed by atoms with Crippen LogP contribution >= 0.6 is 11.8 Å². The van der Waals surface area contributed by atoms with Crippen LogP contribution in [0.25, 0.3) is 5.69 Å². The van der Waals surface area contributed by atoms with Crippen LogP contribution in [-0.2, 0) is 16.7 Å². The van der Waals surface area contributed by atoms with Crippen LogP contribution in [0.2, 0.25) is 0 Å². The summed E-state index contributed by atoms with van der Waals surface area (Å²) in [7, 11) is 0. The zero-order valence-electron chi connectivity index (χ0n) is 25.0. The van der Waals surface area contributed by atoms with Gasteiger partial charge in [-0.2, -0.15) is 5.10 Å². The Bertz CT molecular complexity index is 1710. The van der Waals surface area contributed by atoms with Crippen molar-refractivity contribution in [3.8, 4) is 17.2 Å². The van der Waals surface area contributed by atoms with E-state index in [4.69, 9.17) is 14.6 Å². The third-order valence-corrected chi connectivity index (χ3v) is 8.41. The standard InChI is InChI=1S/C33H34N6O4S/c1-5-42-32(41)38-18-17-37-25-19-24(15-16-27(25)44-31(37)38)43-26-14-10-9-11-22(26)21-34-30(40)35-29-20-28(33(2,3)4)36-39(29)23-12-7-6-8-13-23/h6-20,31H,5,21H2,1-4H3,(H2,34,35,40). The number of rotatable bonds is 7. The molecule has 44 heavy (non-hydrogen) atoms. The van der Waals surface area contributed by atoms with Gasteiger partial charge in [-0.3, -0.25) is 10.2 Å². The summed E-state index contributed by atoms with van der Waals surface area (Å²) in [5.74, 6) is 1.85. The van der Waals surface area contributed by atoms with Crippen LogP contribution in [0, 0.1) is 0 Å². The molecule has 1 unspecified atom stereocenters. The molecule has 3 aromatic carbocycles. The molecule has 1 aromatic heterocycles. The van der Waals surface area contributed by atoms with Gasteiger partial charge < -0.3 is 19.7 Å². The third kappa shape index (κ3) is 5.96. The average molecular weight is 611 g/mol. The zero-order valence-corrected chi connectivity index (χ0v) is 25.8. The number of aromatic nitrogens is 2. The maximum atomic E-state index is 13.1. The smallest absolute Gasteiger partial charge is 0.416 e. The summed E-state index contributed by atoms with van der Waals surface area (Å²) in [5.41, 5.74) is 3.07. The lowest BCUT2D eigenvalue weighted by Crippen LogP contribution is -2.37. The van der Waals surface area contributed by atoms with Crippen molar-refractivity contribution in [1.82, 2.24) is 20.0 Å². The van der Waals surface area contributed by atoms with Gasteiger partial charge in [-0.25, -0.2) is 14.3 Å². The lowest BCUT2D eigenvalue weighted by molar-refractivity contribution is 0.122. The van der Waals surface area contributed by atoms with Crippen LogP contribution < -0.4 is 20.3 Å². The molecule has 11 heteroatoms. The number of urea groups is 1. The molecule has 0 saturated carbocycles. The fourth-order valence-corrected chi connectivity index (χ4v) is 6.10. The normalized spacial score (nSPS) is 15.1. The van der Waals surface area contributed by atoms with Crippen molar-refractivity contribution < 1.29 is 19.1 Å². The minimum Gasteiger partial charge on any atom is -0.457 e. The van der Waals surface area contributed by atoms with Crippen LogP contribution in [0.5, 0.6) is 11.5 Å². The van der Waals surface area contributed by atoms with Crippen LogP contribution in [0.4, 0.5) is 21.1 Å². The Balaban J connectivity index is 1.14. The maximum absolute atomic E-state index is 13.1. The number of anilines is 2. The summed E-state index contributed by atoms with van der Waals surface area (Å²) >= 11 is 1.57. The summed E-state index contributed by atoms with van der Waals surface area (Å²) in [5, 5.41) is 10.7. The van der Waals surface area contributed by atoms with Gasteiger partial charge in [0.25, 0.3) is 0 Å². The number of amides is 3. The molecular weight excluding hydrogens is 576 g/mol. The SMILES string of the molecule is CCOC(=O)N1C=CN2c3cc(Oc4ccccc4CNC(=O)Nc4cc(C(C)(C)C)nn4-c4ccccc4)ccc3SC12. The molecule has 0 spiro atoms. The molecule has 0 saturated heterocycles. The molecule has 10 nitrogen and oxygen atoms in total. The Morgan fingerprint density at radius 1 is 0.977 bits per heavy atom. The molecule has 2 N–H and O–H groups in total. The summed E-state index contributed by atoms with van der Waals surface area (Å²) in [6.07, 6.45) is 3.22. The molecule has 3 heterocycles. The van der Waals surface area contributed by atoms with Gasteiger partial charge in [-0.1, -0.05) is 68.9 Å². The van der Waals surface area contributed by atoms with Crippen molar-refractivity contribution in [3.63, 3.8) is 0 Å². The predicted octanol–water partition coefficient (Wildman–Crippen LogP) is 7.42. The number of nitrogens with zero attached hydrogens (tertiary/aromatic N) is 4. The lowest BCUT2D eigenvalue weighted by atomic mass is 9.92. The van der Waals surface area contributed by atoms with E-state index in [1.54, 1.807) is 34.5 Å². The van der Waals surface area contributed by atoms with Gasteiger partial charge >= 0.3 is 12.1 Å². The molecule has 2 aliphatic rings. The summed E-state index contributed by atoms with van der Waals surface area (Å²) in [6.45, 7) is 8.62. The molecular formula is C33H34N6O4S. The van der Waals surface area contributed by atoms with Crippen molar-refractivity contribution in [2.24, 2.45) is 0 Å². The van der Waals surface area contributed by atoms with E-state index in [1.807, 2.05) is 90.0 Å². The Morgan fingerprint density at radius 2 is 1.75 bits per heavy atom. The molecule has 6 rings (SSSR count). The third-order valence-electron chi connectivity index (χ3n) is 7.14. The number of benzene rings is 3. The number of hydrogen-bond acceptors (Lipinski definition) is 7. The fraction of sp³-hybridized carbons (Fsp3) is 0.242. The molecule has 3 amide bonds. The van der Waals surface area contributed by atoms with E-state index in [-0.39, 0.29) is 29.6 Å². The highest BCUT2D eigenvalue weighted by Crippen LogP contribution is 2.49. The first-order chi connectivity index (χ1) is 21.2. The van der Waals surface area contributed by atoms with E-state index in [0.717, 1.165) is 27.5 Å². The topological polar surface area (TPSA) is 101 Å². The number of carbonyl (C=O) groups excluding carboxylic acids is 2. The molecule has 0 bridgehead atoms. The van der Waals surface area contributed by atoms with Crippen molar-refractivity contribution in [3.05, 3.63) is 103 Å². The zero-order chi connectivity index (χ0) is 30.8. The second-order valence-corrected chi connectivity index (χ2v) is 12.4. The Morgan fingerprint density at radius 3 is 2.52 bits per heavy atom. The fourth-order valence-electron chi connectivity index (χ4n) is 4.88. The maximum Gasteiger partial charge on any atom is 0.416 e. The summed E-state index contributed by atoms with van der Waals surface area (Å²) in [6, 6.07) is 24.7. The second kappa shape index (κ2) is 12.0. The lowest BCUT2D eigenvalue weighted by Gasteiger charge is -2.23. The van der Waals surface area contributed by atoms with Crippen molar-refractivity contribution >= 4 is 35.4 Å². The molecule has 0 aliphatic carbocycles. The first kappa shape index (κ1) is 29.2. The highest BCUT2D eigenvalue weighted by Gasteiger charge is 2.39. The van der Waals surface area contributed by atoms with Gasteiger partial charge in [0.15, 0.2) is 5.50 Å². The van der Waals surface area contributed by atoms with Gasteiger partial charge in [-0.05, 0) is 37.3 Å². The summed E-state index contributed by atoms with van der Waals surface area (Å²) < 4.78 is 13.3. The number of ether oxygens (including phenoxy) is 2. The molecule has 0 fully saturated rings. The van der Waals surface area contributed by atoms with Crippen LogP contribution in [0.3, 0.4) is 0 Å². The Hall–Kier alpha value is -4.90. The first-order valence-corrected chi connectivity index (χ1v) is 15.3. The van der Waals surface area contributed by atoms with Gasteiger partial charge in [-0.15, -0.1) is 0 Å². The van der Waals surface area contributed by atoms with Crippen LogP contribution in [0.1, 0.15) is 39.0 Å². The molecule has 226 valence electrons. The highest BCUT2D eigenvalue weighted by molar-refractivity contribution is 8.00. The van der Waals surface area contributed by atoms with E-state index in [2.05, 4.69) is 31.4 Å². The van der Waals surface area contributed by atoms with Crippen LogP contribution in [0.15, 0.2) is 96.2 Å². The first-order valence-electron chi connectivity index (χ1n) is 14.4. The number of thioether (sulfide) groups is 1. The van der Waals surface area contributed by atoms with Crippen LogP contribution in [-0.4, -0.2) is 38.9 Å². The summed E-state index contributed by atoms with van der Waals surface area (Å²) in [4.78, 5) is 30.1. The van der Waals surface area contributed by atoms with E-state index >= 15 is 0 Å². The monoisotopic (exact) mass is 610 g/mol. The number of nitrogens with one attached hydrogen (secondary N) is 2. The van der Waals surface area contributed by atoms with Gasteiger partial charge in [0.2, 0.25) is 0 Å². The van der Waals surface area contributed by atoms with E-state index < -0.39 is 0 Å². The number of para-hydroxylation sites is 2. The van der Waals surface area contributed by atoms with Crippen molar-refractivity contribution in [1.29, 1.82) is 0 Å². The highest BCUT2D eigenvalue weighted by atomic mass is 32.2. The van der Waals surface area contributed by atoms with Crippen molar-refractivity contribution in [2.75, 3.05) is 16.8 Å². The minimum absolute atomic E-state index is 0.189. The molecule has 1 atom stereocenters.